The van der Waals surface area contributed by atoms with Gasteiger partial charge in [0.25, 0.3) is 0 Å². The van der Waals surface area contributed by atoms with Crippen molar-refractivity contribution in [2.45, 2.75) is 194 Å². The van der Waals surface area contributed by atoms with E-state index in [1.165, 1.54) is 154 Å². The van der Waals surface area contributed by atoms with Crippen molar-refractivity contribution in [1.82, 2.24) is 10.2 Å². The van der Waals surface area contributed by atoms with Gasteiger partial charge in [0.15, 0.2) is 0 Å². The van der Waals surface area contributed by atoms with Crippen LogP contribution in [-0.2, 0) is 0 Å². The molecule has 0 atom stereocenters. The van der Waals surface area contributed by atoms with Crippen LogP contribution in [0.1, 0.15) is 194 Å². The second-order valence-electron chi connectivity index (χ2n) is 11.7. The van der Waals surface area contributed by atoms with E-state index in [1.807, 2.05) is 0 Å². The van der Waals surface area contributed by atoms with Crippen molar-refractivity contribution < 1.29 is 4.79 Å². The highest BCUT2D eigenvalue weighted by Crippen LogP contribution is 2.13. The lowest BCUT2D eigenvalue weighted by Gasteiger charge is -2.23. The maximum Gasteiger partial charge on any atom is 0.317 e. The monoisotopic (exact) mass is 523 g/mol. The zero-order valence-electron chi connectivity index (χ0n) is 26.1. The number of rotatable bonds is 30. The van der Waals surface area contributed by atoms with Gasteiger partial charge in [-0.1, -0.05) is 175 Å². The first-order valence-corrected chi connectivity index (χ1v) is 17.3. The number of urea groups is 1. The zero-order valence-corrected chi connectivity index (χ0v) is 26.1. The Kier molecular flexibility index (Phi) is 30.9. The molecule has 0 bridgehead atoms. The molecule has 0 aliphatic carbocycles. The van der Waals surface area contributed by atoms with Gasteiger partial charge in [-0.3, -0.25) is 0 Å². The fourth-order valence-corrected chi connectivity index (χ4v) is 5.28. The summed E-state index contributed by atoms with van der Waals surface area (Å²) in [6.45, 7) is 9.58. The first kappa shape index (κ1) is 36.3. The Hall–Kier alpha value is -0.730. The van der Waals surface area contributed by atoms with Gasteiger partial charge >= 0.3 is 6.03 Å². The van der Waals surface area contributed by atoms with Crippen molar-refractivity contribution in [3.8, 4) is 0 Å². The van der Waals surface area contributed by atoms with E-state index in [0.717, 1.165) is 38.9 Å². The molecule has 0 unspecified atom stereocenters. The molecule has 2 amide bonds. The number of carbonyl (C=O) groups is 1. The number of nitrogens with one attached hydrogen (secondary N) is 1. The first-order chi connectivity index (χ1) is 18.3. The lowest BCUT2D eigenvalue weighted by molar-refractivity contribution is 0.195. The van der Waals surface area contributed by atoms with Gasteiger partial charge in [0, 0.05) is 19.6 Å². The number of carbonyl (C=O) groups excluding carboxylic acids is 1. The van der Waals surface area contributed by atoms with Crippen LogP contribution in [0, 0.1) is 0 Å². The summed E-state index contributed by atoms with van der Waals surface area (Å²) in [4.78, 5) is 15.1. The van der Waals surface area contributed by atoms with E-state index in [0.29, 0.717) is 0 Å². The number of nitrogens with zero attached hydrogens (tertiary/aromatic N) is 1. The van der Waals surface area contributed by atoms with E-state index in [9.17, 15) is 4.79 Å². The van der Waals surface area contributed by atoms with Crippen molar-refractivity contribution >= 4 is 6.03 Å². The van der Waals surface area contributed by atoms with E-state index in [-0.39, 0.29) is 6.03 Å². The van der Waals surface area contributed by atoms with Gasteiger partial charge in [-0.25, -0.2) is 4.79 Å². The topological polar surface area (TPSA) is 32.3 Å². The highest BCUT2D eigenvalue weighted by atomic mass is 16.2. The SMILES string of the molecule is CCCCCCCCCCCNC(=O)N(CCCCCCCCCCC)CCCCCCCCCCC. The van der Waals surface area contributed by atoms with Crippen LogP contribution >= 0.6 is 0 Å². The molecule has 222 valence electrons. The van der Waals surface area contributed by atoms with Gasteiger partial charge in [0.1, 0.15) is 0 Å². The van der Waals surface area contributed by atoms with Crippen LogP contribution in [0.25, 0.3) is 0 Å². The Morgan fingerprint density at radius 1 is 0.405 bits per heavy atom. The molecule has 0 spiro atoms. The van der Waals surface area contributed by atoms with Crippen LogP contribution in [0.4, 0.5) is 4.79 Å². The Labute approximate surface area is 234 Å². The molecule has 0 rings (SSSR count). The molecule has 0 heterocycles. The molecule has 1 N–H and O–H groups in total. The quantitative estimate of drug-likeness (QED) is 0.0934. The first-order valence-electron chi connectivity index (χ1n) is 17.3. The number of amides is 2. The Morgan fingerprint density at radius 2 is 0.676 bits per heavy atom. The minimum atomic E-state index is 0.193. The summed E-state index contributed by atoms with van der Waals surface area (Å²) in [5.74, 6) is 0. The van der Waals surface area contributed by atoms with Crippen molar-refractivity contribution in [3.63, 3.8) is 0 Å². The summed E-state index contributed by atoms with van der Waals surface area (Å²) in [6.07, 6.45) is 36.1. The van der Waals surface area contributed by atoms with Gasteiger partial charge in [-0.05, 0) is 19.3 Å². The molecule has 3 nitrogen and oxygen atoms in total. The maximum absolute atomic E-state index is 12.9. The smallest absolute Gasteiger partial charge is 0.317 e. The molecule has 37 heavy (non-hydrogen) atoms. The van der Waals surface area contributed by atoms with Crippen LogP contribution < -0.4 is 5.32 Å². The molecule has 0 aliphatic heterocycles. The molecular weight excluding hydrogens is 452 g/mol. The number of hydrogen-bond acceptors (Lipinski definition) is 1. The van der Waals surface area contributed by atoms with Gasteiger partial charge in [0.2, 0.25) is 0 Å². The van der Waals surface area contributed by atoms with Gasteiger partial charge < -0.3 is 10.2 Å². The summed E-state index contributed by atoms with van der Waals surface area (Å²) < 4.78 is 0. The van der Waals surface area contributed by atoms with E-state index in [1.54, 1.807) is 0 Å². The third-order valence-corrected chi connectivity index (χ3v) is 7.91. The third kappa shape index (κ3) is 28.1. The highest BCUT2D eigenvalue weighted by Gasteiger charge is 2.12. The Balaban J connectivity index is 4.04. The van der Waals surface area contributed by atoms with Gasteiger partial charge in [-0.2, -0.15) is 0 Å². The lowest BCUT2D eigenvalue weighted by Crippen LogP contribution is -2.41. The molecule has 0 aromatic heterocycles. The van der Waals surface area contributed by atoms with E-state index in [4.69, 9.17) is 0 Å². The molecule has 0 saturated heterocycles. The molecule has 3 heteroatoms. The Morgan fingerprint density at radius 3 is 1.00 bits per heavy atom. The van der Waals surface area contributed by atoms with Crippen molar-refractivity contribution in [3.05, 3.63) is 0 Å². The molecule has 0 saturated carbocycles. The zero-order chi connectivity index (χ0) is 27.1. The molecule has 0 aromatic carbocycles. The minimum Gasteiger partial charge on any atom is -0.338 e. The minimum absolute atomic E-state index is 0.193. The molecule has 0 aliphatic rings. The van der Waals surface area contributed by atoms with Gasteiger partial charge in [-0.15, -0.1) is 0 Å². The van der Waals surface area contributed by atoms with E-state index >= 15 is 0 Å². The molecular formula is C34H70N2O. The second-order valence-corrected chi connectivity index (χ2v) is 11.7. The molecule has 0 fully saturated rings. The van der Waals surface area contributed by atoms with Crippen LogP contribution in [0.3, 0.4) is 0 Å². The molecule has 0 radical (unpaired) electrons. The average molecular weight is 523 g/mol. The third-order valence-electron chi connectivity index (χ3n) is 7.91. The van der Waals surface area contributed by atoms with Crippen molar-refractivity contribution in [1.29, 1.82) is 0 Å². The number of hydrogen-bond donors (Lipinski definition) is 1. The fraction of sp³-hybridized carbons (Fsp3) is 0.971. The highest BCUT2D eigenvalue weighted by molar-refractivity contribution is 5.74. The number of unbranched alkanes of at least 4 members (excludes halogenated alkanes) is 24. The van der Waals surface area contributed by atoms with E-state index < -0.39 is 0 Å². The van der Waals surface area contributed by atoms with Crippen molar-refractivity contribution in [2.75, 3.05) is 19.6 Å². The molecule has 0 aromatic rings. The summed E-state index contributed by atoms with van der Waals surface area (Å²) in [7, 11) is 0. The normalized spacial score (nSPS) is 11.2. The maximum atomic E-state index is 12.9. The van der Waals surface area contributed by atoms with Gasteiger partial charge in [0.05, 0.1) is 0 Å². The van der Waals surface area contributed by atoms with Crippen LogP contribution in [0.15, 0.2) is 0 Å². The standard InChI is InChI=1S/C34H70N2O/c1-4-7-10-13-16-19-22-25-28-31-35-34(37)36(32-29-26-23-20-17-14-11-8-5-2)33-30-27-24-21-18-15-12-9-6-3/h4-33H2,1-3H3,(H,35,37). The predicted molar refractivity (Wildman–Crippen MR) is 167 cm³/mol. The van der Waals surface area contributed by atoms with E-state index in [2.05, 4.69) is 31.0 Å². The summed E-state index contributed by atoms with van der Waals surface area (Å²) >= 11 is 0. The van der Waals surface area contributed by atoms with Crippen LogP contribution in [0.5, 0.6) is 0 Å². The van der Waals surface area contributed by atoms with Crippen molar-refractivity contribution in [2.24, 2.45) is 0 Å². The largest absolute Gasteiger partial charge is 0.338 e. The summed E-state index contributed by atoms with van der Waals surface area (Å²) in [6, 6.07) is 0.193. The summed E-state index contributed by atoms with van der Waals surface area (Å²) in [5, 5.41) is 3.25. The summed E-state index contributed by atoms with van der Waals surface area (Å²) in [5.41, 5.74) is 0. The van der Waals surface area contributed by atoms with Crippen LogP contribution in [0.2, 0.25) is 0 Å². The lowest BCUT2D eigenvalue weighted by atomic mass is 10.1. The fourth-order valence-electron chi connectivity index (χ4n) is 5.28. The second kappa shape index (κ2) is 31.5. The van der Waals surface area contributed by atoms with Crippen LogP contribution in [-0.4, -0.2) is 30.6 Å². The average Bonchev–Trinajstić information content (AvgIpc) is 2.90. The Bertz CT molecular complexity index is 418. The predicted octanol–water partition coefficient (Wildman–Crippen LogP) is 11.6.